The molecule has 0 bridgehead atoms. The lowest BCUT2D eigenvalue weighted by molar-refractivity contribution is 0.175. The van der Waals surface area contributed by atoms with Gasteiger partial charge in [0, 0.05) is 0 Å². The van der Waals surface area contributed by atoms with Crippen LogP contribution in [0.25, 0.3) is 11.0 Å². The Morgan fingerprint density at radius 2 is 1.88 bits per heavy atom. The number of nitrogens with zero attached hydrogens (tertiary/aromatic N) is 4. The second kappa shape index (κ2) is 4.22. The fourth-order valence-electron chi connectivity index (χ4n) is 2.31. The van der Waals surface area contributed by atoms with Crippen LogP contribution in [-0.4, -0.2) is 33.0 Å². The van der Waals surface area contributed by atoms with Crippen molar-refractivity contribution in [1.82, 2.24) is 19.9 Å². The predicted octanol–water partition coefficient (Wildman–Crippen LogP) is 1.87. The summed E-state index contributed by atoms with van der Waals surface area (Å²) < 4.78 is 2.00. The summed E-state index contributed by atoms with van der Waals surface area (Å²) in [6, 6.07) is 8.13. The molecule has 0 N–H and O–H groups in total. The van der Waals surface area contributed by atoms with Crippen molar-refractivity contribution in [2.45, 2.75) is 25.9 Å². The molecule has 4 nitrogen and oxygen atoms in total. The van der Waals surface area contributed by atoms with Crippen LogP contribution >= 0.6 is 0 Å². The molecule has 2 aromatic rings. The predicted molar refractivity (Wildman–Crippen MR) is 63.0 cm³/mol. The maximum absolute atomic E-state index is 4.21. The second-order valence-electron chi connectivity index (χ2n) is 4.40. The Labute approximate surface area is 94.9 Å². The van der Waals surface area contributed by atoms with E-state index in [1.165, 1.54) is 32.4 Å². The van der Waals surface area contributed by atoms with Crippen molar-refractivity contribution in [1.29, 1.82) is 0 Å². The highest BCUT2D eigenvalue weighted by atomic mass is 15.5. The SMILES string of the molecule is c1ccc2c(c1)nnn2CN1CCCCC1. The van der Waals surface area contributed by atoms with Crippen LogP contribution in [-0.2, 0) is 6.67 Å². The normalized spacial score (nSPS) is 18.0. The number of rotatable bonds is 2. The highest BCUT2D eigenvalue weighted by molar-refractivity contribution is 5.73. The van der Waals surface area contributed by atoms with E-state index in [0.717, 1.165) is 17.7 Å². The average Bonchev–Trinajstić information content (AvgIpc) is 2.74. The third-order valence-electron chi connectivity index (χ3n) is 3.20. The second-order valence-corrected chi connectivity index (χ2v) is 4.40. The van der Waals surface area contributed by atoms with Gasteiger partial charge in [0.2, 0.25) is 0 Å². The number of aromatic nitrogens is 3. The molecule has 0 unspecified atom stereocenters. The molecule has 0 aliphatic carbocycles. The van der Waals surface area contributed by atoms with Gasteiger partial charge in [-0.1, -0.05) is 23.8 Å². The van der Waals surface area contributed by atoms with Gasteiger partial charge in [0.1, 0.15) is 5.52 Å². The molecule has 0 spiro atoms. The molecule has 3 rings (SSSR count). The fraction of sp³-hybridized carbons (Fsp3) is 0.500. The van der Waals surface area contributed by atoms with Gasteiger partial charge in [0.05, 0.1) is 12.2 Å². The molecule has 1 fully saturated rings. The number of piperidine rings is 1. The van der Waals surface area contributed by atoms with Crippen LogP contribution in [0.5, 0.6) is 0 Å². The summed E-state index contributed by atoms with van der Waals surface area (Å²) in [7, 11) is 0. The van der Waals surface area contributed by atoms with Crippen molar-refractivity contribution in [3.05, 3.63) is 24.3 Å². The Morgan fingerprint density at radius 3 is 2.75 bits per heavy atom. The van der Waals surface area contributed by atoms with Gasteiger partial charge in [-0.15, -0.1) is 5.10 Å². The Balaban J connectivity index is 1.83. The molecule has 4 heteroatoms. The van der Waals surface area contributed by atoms with Gasteiger partial charge < -0.3 is 0 Å². The van der Waals surface area contributed by atoms with E-state index in [1.54, 1.807) is 0 Å². The Morgan fingerprint density at radius 1 is 1.06 bits per heavy atom. The van der Waals surface area contributed by atoms with Crippen LogP contribution in [0, 0.1) is 0 Å². The Kier molecular flexibility index (Phi) is 2.58. The molecule has 16 heavy (non-hydrogen) atoms. The van der Waals surface area contributed by atoms with Gasteiger partial charge in [0.15, 0.2) is 0 Å². The van der Waals surface area contributed by atoms with E-state index < -0.39 is 0 Å². The van der Waals surface area contributed by atoms with Crippen molar-refractivity contribution in [2.75, 3.05) is 13.1 Å². The minimum absolute atomic E-state index is 0.876. The lowest BCUT2D eigenvalue weighted by atomic mass is 10.1. The van der Waals surface area contributed by atoms with E-state index in [-0.39, 0.29) is 0 Å². The summed E-state index contributed by atoms with van der Waals surface area (Å²) in [4.78, 5) is 2.45. The van der Waals surface area contributed by atoms with E-state index in [1.807, 2.05) is 22.9 Å². The van der Waals surface area contributed by atoms with Crippen LogP contribution in [0.3, 0.4) is 0 Å². The molecule has 1 aromatic carbocycles. The number of likely N-dealkylation sites (tertiary alicyclic amines) is 1. The van der Waals surface area contributed by atoms with E-state index >= 15 is 0 Å². The van der Waals surface area contributed by atoms with Gasteiger partial charge in [-0.3, -0.25) is 4.90 Å². The topological polar surface area (TPSA) is 34.0 Å². The third-order valence-corrected chi connectivity index (χ3v) is 3.20. The molecular weight excluding hydrogens is 200 g/mol. The molecule has 1 aliphatic heterocycles. The summed E-state index contributed by atoms with van der Waals surface area (Å²) in [6.45, 7) is 3.25. The van der Waals surface area contributed by atoms with Crippen LogP contribution in [0.4, 0.5) is 0 Å². The minimum Gasteiger partial charge on any atom is -0.284 e. The zero-order valence-corrected chi connectivity index (χ0v) is 9.34. The van der Waals surface area contributed by atoms with Gasteiger partial charge in [-0.2, -0.15) is 0 Å². The van der Waals surface area contributed by atoms with Gasteiger partial charge in [-0.25, -0.2) is 4.68 Å². The van der Waals surface area contributed by atoms with Crippen LogP contribution in [0.1, 0.15) is 19.3 Å². The van der Waals surface area contributed by atoms with Crippen molar-refractivity contribution in [3.8, 4) is 0 Å². The molecule has 0 radical (unpaired) electrons. The Bertz CT molecular complexity index is 471. The first-order valence-corrected chi connectivity index (χ1v) is 5.94. The number of hydrogen-bond acceptors (Lipinski definition) is 3. The van der Waals surface area contributed by atoms with Crippen LogP contribution < -0.4 is 0 Å². The van der Waals surface area contributed by atoms with E-state index in [0.29, 0.717) is 0 Å². The molecule has 0 atom stereocenters. The minimum atomic E-state index is 0.876. The summed E-state index contributed by atoms with van der Waals surface area (Å²) >= 11 is 0. The maximum atomic E-state index is 4.21. The quantitative estimate of drug-likeness (QED) is 0.768. The third kappa shape index (κ3) is 1.80. The number of para-hydroxylation sites is 1. The first-order chi connectivity index (χ1) is 7.93. The zero-order chi connectivity index (χ0) is 10.8. The first-order valence-electron chi connectivity index (χ1n) is 5.94. The molecule has 0 amide bonds. The zero-order valence-electron chi connectivity index (χ0n) is 9.34. The number of benzene rings is 1. The molecule has 0 saturated carbocycles. The van der Waals surface area contributed by atoms with Gasteiger partial charge >= 0.3 is 0 Å². The number of fused-ring (bicyclic) bond motifs is 1. The molecular formula is C12H16N4. The summed E-state index contributed by atoms with van der Waals surface area (Å²) in [5, 5.41) is 8.38. The van der Waals surface area contributed by atoms with E-state index in [2.05, 4.69) is 21.3 Å². The molecule has 1 aliphatic rings. The summed E-state index contributed by atoms with van der Waals surface area (Å²) in [5.41, 5.74) is 2.12. The lowest BCUT2D eigenvalue weighted by Gasteiger charge is -2.26. The highest BCUT2D eigenvalue weighted by Gasteiger charge is 2.12. The molecule has 2 heterocycles. The molecule has 1 aromatic heterocycles. The lowest BCUT2D eigenvalue weighted by Crippen LogP contribution is -2.32. The van der Waals surface area contributed by atoms with Crippen molar-refractivity contribution in [2.24, 2.45) is 0 Å². The monoisotopic (exact) mass is 216 g/mol. The van der Waals surface area contributed by atoms with E-state index in [9.17, 15) is 0 Å². The maximum Gasteiger partial charge on any atom is 0.113 e. The summed E-state index contributed by atoms with van der Waals surface area (Å²) in [6.07, 6.45) is 3.99. The average molecular weight is 216 g/mol. The van der Waals surface area contributed by atoms with Crippen LogP contribution in [0.2, 0.25) is 0 Å². The van der Waals surface area contributed by atoms with Gasteiger partial charge in [-0.05, 0) is 38.1 Å². The van der Waals surface area contributed by atoms with Crippen molar-refractivity contribution < 1.29 is 0 Å². The van der Waals surface area contributed by atoms with Crippen molar-refractivity contribution >= 4 is 11.0 Å². The number of hydrogen-bond donors (Lipinski definition) is 0. The molecule has 84 valence electrons. The van der Waals surface area contributed by atoms with E-state index in [4.69, 9.17) is 0 Å². The molecule has 1 saturated heterocycles. The first kappa shape index (κ1) is 9.78. The standard InChI is InChI=1S/C12H16N4/c1-4-8-15(9-5-1)10-16-12-7-3-2-6-11(12)13-14-16/h2-3,6-7H,1,4-5,8-10H2. The fourth-order valence-corrected chi connectivity index (χ4v) is 2.31. The largest absolute Gasteiger partial charge is 0.284 e. The smallest absolute Gasteiger partial charge is 0.113 e. The van der Waals surface area contributed by atoms with Crippen molar-refractivity contribution in [3.63, 3.8) is 0 Å². The highest BCUT2D eigenvalue weighted by Crippen LogP contribution is 2.13. The van der Waals surface area contributed by atoms with Crippen LogP contribution in [0.15, 0.2) is 24.3 Å². The Hall–Kier alpha value is -1.42. The van der Waals surface area contributed by atoms with Gasteiger partial charge in [0.25, 0.3) is 0 Å². The summed E-state index contributed by atoms with van der Waals surface area (Å²) in [5.74, 6) is 0.